The van der Waals surface area contributed by atoms with Gasteiger partial charge in [0.15, 0.2) is 5.76 Å². The second-order valence-corrected chi connectivity index (χ2v) is 6.84. The van der Waals surface area contributed by atoms with Crippen LogP contribution in [0, 0.1) is 5.92 Å². The molecular weight excluding hydrogens is 374 g/mol. The zero-order valence-corrected chi connectivity index (χ0v) is 16.4. The number of amides is 1. The molecule has 1 fully saturated rings. The lowest BCUT2D eigenvalue weighted by molar-refractivity contribution is 0.0952. The SMILES string of the molecule is Cl.O=C(NCCC1CCNC1)c1ccccc1-c1ncc(-c2ccccc2)o1. The average molecular weight is 398 g/mol. The van der Waals surface area contributed by atoms with Gasteiger partial charge >= 0.3 is 0 Å². The molecule has 6 heteroatoms. The van der Waals surface area contributed by atoms with Gasteiger partial charge in [0.25, 0.3) is 5.91 Å². The third-order valence-electron chi connectivity index (χ3n) is 4.97. The van der Waals surface area contributed by atoms with Crippen LogP contribution < -0.4 is 10.6 Å². The van der Waals surface area contributed by atoms with Gasteiger partial charge in [-0.3, -0.25) is 4.79 Å². The van der Waals surface area contributed by atoms with E-state index in [2.05, 4.69) is 15.6 Å². The predicted molar refractivity (Wildman–Crippen MR) is 113 cm³/mol. The zero-order chi connectivity index (χ0) is 18.5. The Balaban J connectivity index is 0.00000225. The van der Waals surface area contributed by atoms with E-state index in [-0.39, 0.29) is 18.3 Å². The fraction of sp³-hybridized carbons (Fsp3) is 0.273. The number of rotatable bonds is 6. The van der Waals surface area contributed by atoms with Crippen molar-refractivity contribution in [2.24, 2.45) is 5.92 Å². The Morgan fingerprint density at radius 2 is 1.93 bits per heavy atom. The van der Waals surface area contributed by atoms with Crippen LogP contribution in [-0.2, 0) is 0 Å². The number of carbonyl (C=O) groups excluding carboxylic acids is 1. The summed E-state index contributed by atoms with van der Waals surface area (Å²) in [6.07, 6.45) is 3.88. The summed E-state index contributed by atoms with van der Waals surface area (Å²) in [4.78, 5) is 17.1. The molecule has 1 aliphatic rings. The molecule has 1 aliphatic heterocycles. The normalized spacial score (nSPS) is 15.8. The molecule has 0 bridgehead atoms. The van der Waals surface area contributed by atoms with Crippen molar-refractivity contribution in [1.82, 2.24) is 15.6 Å². The molecular formula is C22H24ClN3O2. The van der Waals surface area contributed by atoms with Crippen molar-refractivity contribution in [3.8, 4) is 22.8 Å². The molecule has 2 aromatic carbocycles. The van der Waals surface area contributed by atoms with E-state index in [9.17, 15) is 4.79 Å². The number of oxazole rings is 1. The smallest absolute Gasteiger partial charge is 0.252 e. The summed E-state index contributed by atoms with van der Waals surface area (Å²) in [5, 5.41) is 6.39. The van der Waals surface area contributed by atoms with Crippen LogP contribution in [0.5, 0.6) is 0 Å². The van der Waals surface area contributed by atoms with Gasteiger partial charge in [0.2, 0.25) is 5.89 Å². The summed E-state index contributed by atoms with van der Waals surface area (Å²) in [5.41, 5.74) is 2.26. The molecule has 1 atom stereocenters. The third-order valence-corrected chi connectivity index (χ3v) is 4.97. The maximum absolute atomic E-state index is 12.7. The van der Waals surface area contributed by atoms with Gasteiger partial charge in [0.1, 0.15) is 0 Å². The average Bonchev–Trinajstić information content (AvgIpc) is 3.41. The molecule has 3 aromatic rings. The Morgan fingerprint density at radius 3 is 2.71 bits per heavy atom. The standard InChI is InChI=1S/C22H23N3O2.ClH/c26-21(24-13-11-16-10-12-23-14-16)18-8-4-5-9-19(18)22-25-15-20(27-22)17-6-2-1-3-7-17;/h1-9,15-16,23H,10-14H2,(H,24,26);1H. The lowest BCUT2D eigenvalue weighted by atomic mass is 10.0. The number of benzene rings is 2. The first-order valence-corrected chi connectivity index (χ1v) is 9.41. The van der Waals surface area contributed by atoms with Crippen LogP contribution in [0.3, 0.4) is 0 Å². The van der Waals surface area contributed by atoms with E-state index in [4.69, 9.17) is 4.42 Å². The van der Waals surface area contributed by atoms with Crippen molar-refractivity contribution in [3.05, 3.63) is 66.4 Å². The summed E-state index contributed by atoms with van der Waals surface area (Å²) in [5.74, 6) is 1.71. The molecule has 2 N–H and O–H groups in total. The molecule has 0 radical (unpaired) electrons. The minimum absolute atomic E-state index is 0. The van der Waals surface area contributed by atoms with Gasteiger partial charge in [0.05, 0.1) is 11.8 Å². The number of hydrogen-bond acceptors (Lipinski definition) is 4. The Morgan fingerprint density at radius 1 is 1.14 bits per heavy atom. The number of halogens is 1. The van der Waals surface area contributed by atoms with Crippen molar-refractivity contribution < 1.29 is 9.21 Å². The number of nitrogens with one attached hydrogen (secondary N) is 2. The van der Waals surface area contributed by atoms with Crippen molar-refractivity contribution in [1.29, 1.82) is 0 Å². The van der Waals surface area contributed by atoms with Crippen LogP contribution >= 0.6 is 12.4 Å². The molecule has 4 rings (SSSR count). The largest absolute Gasteiger partial charge is 0.436 e. The minimum Gasteiger partial charge on any atom is -0.436 e. The number of hydrogen-bond donors (Lipinski definition) is 2. The first-order chi connectivity index (χ1) is 13.3. The van der Waals surface area contributed by atoms with Gasteiger partial charge in [0, 0.05) is 17.7 Å². The van der Waals surface area contributed by atoms with Gasteiger partial charge in [-0.15, -0.1) is 12.4 Å². The van der Waals surface area contributed by atoms with Crippen LogP contribution in [0.4, 0.5) is 0 Å². The van der Waals surface area contributed by atoms with Crippen molar-refractivity contribution in [2.75, 3.05) is 19.6 Å². The molecule has 1 aromatic heterocycles. The third kappa shape index (κ3) is 4.61. The summed E-state index contributed by atoms with van der Waals surface area (Å²) in [6, 6.07) is 17.3. The van der Waals surface area contributed by atoms with Crippen LogP contribution in [0.1, 0.15) is 23.2 Å². The number of carbonyl (C=O) groups is 1. The zero-order valence-electron chi connectivity index (χ0n) is 15.6. The van der Waals surface area contributed by atoms with E-state index in [1.54, 1.807) is 6.20 Å². The van der Waals surface area contributed by atoms with Crippen LogP contribution in [0.2, 0.25) is 0 Å². The van der Waals surface area contributed by atoms with Crippen molar-refractivity contribution in [2.45, 2.75) is 12.8 Å². The van der Waals surface area contributed by atoms with Crippen LogP contribution in [0.25, 0.3) is 22.8 Å². The second-order valence-electron chi connectivity index (χ2n) is 6.84. The highest BCUT2D eigenvalue weighted by atomic mass is 35.5. The maximum Gasteiger partial charge on any atom is 0.252 e. The summed E-state index contributed by atoms with van der Waals surface area (Å²) in [6.45, 7) is 2.81. The topological polar surface area (TPSA) is 67.2 Å². The molecule has 0 saturated carbocycles. The number of nitrogens with zero attached hydrogens (tertiary/aromatic N) is 1. The molecule has 1 saturated heterocycles. The Bertz CT molecular complexity index is 905. The van der Waals surface area contributed by atoms with Gasteiger partial charge < -0.3 is 15.1 Å². The molecule has 0 aliphatic carbocycles. The monoisotopic (exact) mass is 397 g/mol. The number of aromatic nitrogens is 1. The quantitative estimate of drug-likeness (QED) is 0.655. The highest BCUT2D eigenvalue weighted by Gasteiger charge is 2.18. The molecule has 146 valence electrons. The van der Waals surface area contributed by atoms with E-state index in [0.717, 1.165) is 25.1 Å². The highest BCUT2D eigenvalue weighted by Crippen LogP contribution is 2.28. The molecule has 5 nitrogen and oxygen atoms in total. The Kier molecular flexibility index (Phi) is 6.85. The molecule has 1 amide bonds. The summed E-state index contributed by atoms with van der Waals surface area (Å²) >= 11 is 0. The first kappa shape index (κ1) is 20.1. The second kappa shape index (κ2) is 9.53. The maximum atomic E-state index is 12.7. The van der Waals surface area contributed by atoms with Crippen molar-refractivity contribution >= 4 is 18.3 Å². The molecule has 28 heavy (non-hydrogen) atoms. The lowest BCUT2D eigenvalue weighted by Crippen LogP contribution is -2.26. The Hall–Kier alpha value is -2.63. The first-order valence-electron chi connectivity index (χ1n) is 9.41. The van der Waals surface area contributed by atoms with Crippen LogP contribution in [0.15, 0.2) is 65.2 Å². The molecule has 1 unspecified atom stereocenters. The van der Waals surface area contributed by atoms with Gasteiger partial charge in [-0.05, 0) is 44.0 Å². The Labute approximate surface area is 171 Å². The summed E-state index contributed by atoms with van der Waals surface area (Å²) in [7, 11) is 0. The highest BCUT2D eigenvalue weighted by molar-refractivity contribution is 6.00. The molecule has 2 heterocycles. The predicted octanol–water partition coefficient (Wildman–Crippen LogP) is 4.16. The van der Waals surface area contributed by atoms with E-state index < -0.39 is 0 Å². The van der Waals surface area contributed by atoms with E-state index in [1.165, 1.54) is 6.42 Å². The fourth-order valence-corrected chi connectivity index (χ4v) is 3.45. The van der Waals surface area contributed by atoms with Gasteiger partial charge in [-0.25, -0.2) is 4.98 Å². The van der Waals surface area contributed by atoms with Gasteiger partial charge in [-0.2, -0.15) is 0 Å². The van der Waals surface area contributed by atoms with Crippen molar-refractivity contribution in [3.63, 3.8) is 0 Å². The van der Waals surface area contributed by atoms with E-state index in [0.29, 0.717) is 35.2 Å². The lowest BCUT2D eigenvalue weighted by Gasteiger charge is -2.11. The van der Waals surface area contributed by atoms with Gasteiger partial charge in [-0.1, -0.05) is 42.5 Å². The summed E-state index contributed by atoms with van der Waals surface area (Å²) < 4.78 is 5.93. The van der Waals surface area contributed by atoms with E-state index >= 15 is 0 Å². The fourth-order valence-electron chi connectivity index (χ4n) is 3.45. The van der Waals surface area contributed by atoms with E-state index in [1.807, 2.05) is 54.6 Å². The molecule has 0 spiro atoms. The van der Waals surface area contributed by atoms with Crippen LogP contribution in [-0.4, -0.2) is 30.5 Å². The minimum atomic E-state index is -0.0870.